The highest BCUT2D eigenvalue weighted by Gasteiger charge is 2.12. The standard InChI is InChI=1S/C16H24N4O/c1-4-8-20-9-7-18-15(20)11-14(17-2)10-13-5-6-16(21-3)19-12-13/h5-7,9,12,14,17H,4,8,10-11H2,1-3H3. The van der Waals surface area contributed by atoms with Crippen molar-refractivity contribution >= 4 is 0 Å². The summed E-state index contributed by atoms with van der Waals surface area (Å²) in [5.41, 5.74) is 1.20. The summed E-state index contributed by atoms with van der Waals surface area (Å²) in [5, 5.41) is 3.37. The molecule has 5 heteroatoms. The van der Waals surface area contributed by atoms with Crippen LogP contribution in [-0.2, 0) is 19.4 Å². The fraction of sp³-hybridized carbons (Fsp3) is 0.500. The maximum absolute atomic E-state index is 5.09. The predicted octanol–water partition coefficient (Wildman–Crippen LogP) is 2.07. The van der Waals surface area contributed by atoms with Crippen molar-refractivity contribution in [2.45, 2.75) is 38.8 Å². The molecule has 2 aromatic heterocycles. The maximum atomic E-state index is 5.09. The lowest BCUT2D eigenvalue weighted by Crippen LogP contribution is -2.31. The van der Waals surface area contributed by atoms with Gasteiger partial charge in [0.05, 0.1) is 7.11 Å². The van der Waals surface area contributed by atoms with Crippen LogP contribution < -0.4 is 10.1 Å². The molecule has 0 radical (unpaired) electrons. The van der Waals surface area contributed by atoms with E-state index in [-0.39, 0.29) is 0 Å². The average Bonchev–Trinajstić information content (AvgIpc) is 2.95. The second-order valence-corrected chi connectivity index (χ2v) is 5.14. The molecule has 1 unspecified atom stereocenters. The molecule has 1 N–H and O–H groups in total. The first-order valence-corrected chi connectivity index (χ1v) is 7.43. The van der Waals surface area contributed by atoms with Gasteiger partial charge < -0.3 is 14.6 Å². The Hall–Kier alpha value is -1.88. The van der Waals surface area contributed by atoms with Crippen molar-refractivity contribution in [2.75, 3.05) is 14.2 Å². The Morgan fingerprint density at radius 2 is 2.14 bits per heavy atom. The number of aromatic nitrogens is 3. The third-order valence-corrected chi connectivity index (χ3v) is 3.59. The van der Waals surface area contributed by atoms with Gasteiger partial charge in [-0.15, -0.1) is 0 Å². The molecule has 0 saturated carbocycles. The predicted molar refractivity (Wildman–Crippen MR) is 83.6 cm³/mol. The number of hydrogen-bond donors (Lipinski definition) is 1. The molecule has 0 aliphatic heterocycles. The molecule has 2 rings (SSSR count). The van der Waals surface area contributed by atoms with Crippen LogP contribution in [0.2, 0.25) is 0 Å². The highest BCUT2D eigenvalue weighted by molar-refractivity contribution is 5.19. The lowest BCUT2D eigenvalue weighted by atomic mass is 10.0. The van der Waals surface area contributed by atoms with Crippen LogP contribution in [0.4, 0.5) is 0 Å². The molecule has 0 spiro atoms. The van der Waals surface area contributed by atoms with E-state index in [0.29, 0.717) is 11.9 Å². The highest BCUT2D eigenvalue weighted by Crippen LogP contribution is 2.11. The van der Waals surface area contributed by atoms with Gasteiger partial charge in [-0.2, -0.15) is 0 Å². The molecule has 0 aliphatic rings. The Balaban J connectivity index is 2.00. The summed E-state index contributed by atoms with van der Waals surface area (Å²) < 4.78 is 7.32. The Morgan fingerprint density at radius 1 is 1.29 bits per heavy atom. The van der Waals surface area contributed by atoms with E-state index in [1.165, 1.54) is 5.56 Å². The molecule has 0 amide bonds. The molecule has 5 nitrogen and oxygen atoms in total. The van der Waals surface area contributed by atoms with Crippen LogP contribution >= 0.6 is 0 Å². The summed E-state index contributed by atoms with van der Waals surface area (Å²) in [6.45, 7) is 3.21. The van der Waals surface area contributed by atoms with Gasteiger partial charge in [-0.3, -0.25) is 0 Å². The smallest absolute Gasteiger partial charge is 0.212 e. The Bertz CT molecular complexity index is 535. The number of aryl methyl sites for hydroxylation is 1. The molecule has 0 aliphatic carbocycles. The lowest BCUT2D eigenvalue weighted by molar-refractivity contribution is 0.397. The molecule has 0 bridgehead atoms. The monoisotopic (exact) mass is 288 g/mol. The van der Waals surface area contributed by atoms with Crippen molar-refractivity contribution in [2.24, 2.45) is 0 Å². The lowest BCUT2D eigenvalue weighted by Gasteiger charge is -2.17. The molecule has 2 aromatic rings. The maximum Gasteiger partial charge on any atom is 0.212 e. The van der Waals surface area contributed by atoms with Crippen LogP contribution in [-0.4, -0.2) is 34.7 Å². The van der Waals surface area contributed by atoms with Gasteiger partial charge in [0.25, 0.3) is 0 Å². The molecule has 114 valence electrons. The number of nitrogens with zero attached hydrogens (tertiary/aromatic N) is 3. The Morgan fingerprint density at radius 3 is 2.76 bits per heavy atom. The third kappa shape index (κ3) is 4.29. The minimum Gasteiger partial charge on any atom is -0.481 e. The highest BCUT2D eigenvalue weighted by atomic mass is 16.5. The first-order chi connectivity index (χ1) is 10.3. The van der Waals surface area contributed by atoms with Gasteiger partial charge >= 0.3 is 0 Å². The zero-order valence-electron chi connectivity index (χ0n) is 13.0. The molecule has 0 aromatic carbocycles. The summed E-state index contributed by atoms with van der Waals surface area (Å²) in [6.07, 6.45) is 8.77. The number of nitrogens with one attached hydrogen (secondary N) is 1. The van der Waals surface area contributed by atoms with E-state index < -0.39 is 0 Å². The van der Waals surface area contributed by atoms with Crippen LogP contribution in [0, 0.1) is 0 Å². The summed E-state index contributed by atoms with van der Waals surface area (Å²) in [5.74, 6) is 1.79. The Labute approximate surface area is 126 Å². The van der Waals surface area contributed by atoms with E-state index in [0.717, 1.165) is 31.6 Å². The number of ether oxygens (including phenoxy) is 1. The van der Waals surface area contributed by atoms with E-state index in [4.69, 9.17) is 4.74 Å². The van der Waals surface area contributed by atoms with Crippen LogP contribution in [0.1, 0.15) is 24.7 Å². The fourth-order valence-electron chi connectivity index (χ4n) is 2.41. The summed E-state index contributed by atoms with van der Waals surface area (Å²) in [4.78, 5) is 8.74. The van der Waals surface area contributed by atoms with Crippen molar-refractivity contribution in [1.29, 1.82) is 0 Å². The summed E-state index contributed by atoms with van der Waals surface area (Å²) in [7, 11) is 3.63. The molecule has 0 saturated heterocycles. The second-order valence-electron chi connectivity index (χ2n) is 5.14. The number of pyridine rings is 1. The number of likely N-dealkylation sites (N-methyl/N-ethyl adjacent to an activating group) is 1. The van der Waals surface area contributed by atoms with Crippen molar-refractivity contribution in [3.05, 3.63) is 42.1 Å². The van der Waals surface area contributed by atoms with Crippen molar-refractivity contribution in [1.82, 2.24) is 19.9 Å². The minimum atomic E-state index is 0.346. The van der Waals surface area contributed by atoms with Gasteiger partial charge in [-0.1, -0.05) is 13.0 Å². The van der Waals surface area contributed by atoms with Gasteiger partial charge in [0.1, 0.15) is 5.82 Å². The summed E-state index contributed by atoms with van der Waals surface area (Å²) in [6, 6.07) is 4.31. The van der Waals surface area contributed by atoms with E-state index in [9.17, 15) is 0 Å². The van der Waals surface area contributed by atoms with Crippen LogP contribution in [0.25, 0.3) is 0 Å². The normalized spacial score (nSPS) is 12.3. The van der Waals surface area contributed by atoms with Crippen LogP contribution in [0.15, 0.2) is 30.7 Å². The third-order valence-electron chi connectivity index (χ3n) is 3.59. The summed E-state index contributed by atoms with van der Waals surface area (Å²) >= 11 is 0. The minimum absolute atomic E-state index is 0.346. The van der Waals surface area contributed by atoms with E-state index in [1.54, 1.807) is 7.11 Å². The van der Waals surface area contributed by atoms with Gasteiger partial charge in [0, 0.05) is 43.7 Å². The van der Waals surface area contributed by atoms with Crippen LogP contribution in [0.5, 0.6) is 5.88 Å². The SMILES string of the molecule is CCCn1ccnc1CC(Cc1ccc(OC)nc1)NC. The van der Waals surface area contributed by atoms with Gasteiger partial charge in [-0.05, 0) is 25.5 Å². The van der Waals surface area contributed by atoms with Gasteiger partial charge in [0.2, 0.25) is 5.88 Å². The molecule has 21 heavy (non-hydrogen) atoms. The molecule has 0 fully saturated rings. The quantitative estimate of drug-likeness (QED) is 0.808. The van der Waals surface area contributed by atoms with Crippen molar-refractivity contribution in [3.63, 3.8) is 0 Å². The molecular formula is C16H24N4O. The average molecular weight is 288 g/mol. The number of rotatable bonds is 8. The van der Waals surface area contributed by atoms with Gasteiger partial charge in [-0.25, -0.2) is 9.97 Å². The molecule has 1 atom stereocenters. The number of methoxy groups -OCH3 is 1. The van der Waals surface area contributed by atoms with Crippen molar-refractivity contribution in [3.8, 4) is 5.88 Å². The topological polar surface area (TPSA) is 52.0 Å². The van der Waals surface area contributed by atoms with E-state index in [2.05, 4.69) is 39.0 Å². The molecular weight excluding hydrogens is 264 g/mol. The molecule has 2 heterocycles. The number of hydrogen-bond acceptors (Lipinski definition) is 4. The van der Waals surface area contributed by atoms with Crippen LogP contribution in [0.3, 0.4) is 0 Å². The first-order valence-electron chi connectivity index (χ1n) is 7.43. The number of imidazole rings is 1. The Kier molecular flexibility index (Phi) is 5.75. The first kappa shape index (κ1) is 15.5. The van der Waals surface area contributed by atoms with E-state index >= 15 is 0 Å². The zero-order valence-corrected chi connectivity index (χ0v) is 13.0. The zero-order chi connectivity index (χ0) is 15.1. The second kappa shape index (κ2) is 7.78. The largest absolute Gasteiger partial charge is 0.481 e. The van der Waals surface area contributed by atoms with E-state index in [1.807, 2.05) is 25.5 Å². The fourth-order valence-corrected chi connectivity index (χ4v) is 2.41. The van der Waals surface area contributed by atoms with Gasteiger partial charge in [0.15, 0.2) is 0 Å². The van der Waals surface area contributed by atoms with Crippen molar-refractivity contribution < 1.29 is 4.74 Å².